The fourth-order valence-electron chi connectivity index (χ4n) is 1.85. The second-order valence-electron chi connectivity index (χ2n) is 4.55. The van der Waals surface area contributed by atoms with Gasteiger partial charge in [-0.3, -0.25) is 10.1 Å². The summed E-state index contributed by atoms with van der Waals surface area (Å²) in [7, 11) is 0. The number of hydrogen-bond donors (Lipinski definition) is 2. The lowest BCUT2D eigenvalue weighted by Crippen LogP contribution is -2.19. The van der Waals surface area contributed by atoms with Gasteiger partial charge in [-0.1, -0.05) is 13.8 Å². The van der Waals surface area contributed by atoms with Crippen molar-refractivity contribution in [2.24, 2.45) is 0 Å². The van der Waals surface area contributed by atoms with Gasteiger partial charge in [-0.25, -0.2) is 0 Å². The molecule has 1 rings (SSSR count). The predicted molar refractivity (Wildman–Crippen MR) is 78.3 cm³/mol. The van der Waals surface area contributed by atoms with Gasteiger partial charge in [-0.2, -0.15) is 0 Å². The Morgan fingerprint density at radius 2 is 2.20 bits per heavy atom. The lowest BCUT2D eigenvalue weighted by atomic mass is 10.1. The average molecular weight is 282 g/mol. The van der Waals surface area contributed by atoms with Crippen LogP contribution in [-0.4, -0.2) is 29.3 Å². The van der Waals surface area contributed by atoms with E-state index in [-0.39, 0.29) is 24.1 Å². The van der Waals surface area contributed by atoms with E-state index in [4.69, 9.17) is 9.84 Å². The molecule has 112 valence electrons. The Morgan fingerprint density at radius 1 is 1.45 bits per heavy atom. The molecule has 1 aromatic rings. The van der Waals surface area contributed by atoms with Crippen molar-refractivity contribution in [3.63, 3.8) is 0 Å². The number of rotatable bonds is 9. The number of aliphatic hydroxyl groups is 1. The average Bonchev–Trinajstić information content (AvgIpc) is 2.44. The highest BCUT2D eigenvalue weighted by molar-refractivity contribution is 5.58. The van der Waals surface area contributed by atoms with E-state index in [1.54, 1.807) is 12.1 Å². The molecule has 6 nitrogen and oxygen atoms in total. The van der Waals surface area contributed by atoms with Crippen molar-refractivity contribution in [1.29, 1.82) is 0 Å². The molecule has 0 fully saturated rings. The van der Waals surface area contributed by atoms with Crippen LogP contribution in [0.4, 0.5) is 11.4 Å². The van der Waals surface area contributed by atoms with E-state index in [2.05, 4.69) is 5.32 Å². The number of hydrogen-bond acceptors (Lipinski definition) is 5. The molecule has 0 saturated carbocycles. The molecule has 1 unspecified atom stereocenters. The maximum absolute atomic E-state index is 10.9. The number of ether oxygens (including phenoxy) is 1. The molecule has 0 saturated heterocycles. The van der Waals surface area contributed by atoms with E-state index in [9.17, 15) is 10.1 Å². The molecule has 0 aliphatic rings. The summed E-state index contributed by atoms with van der Waals surface area (Å²) in [6, 6.07) is 4.89. The van der Waals surface area contributed by atoms with Crippen LogP contribution in [0.3, 0.4) is 0 Å². The van der Waals surface area contributed by atoms with Gasteiger partial charge in [-0.05, 0) is 25.3 Å². The van der Waals surface area contributed by atoms with Crippen LogP contribution in [-0.2, 0) is 0 Å². The van der Waals surface area contributed by atoms with Crippen LogP contribution in [0.15, 0.2) is 18.2 Å². The van der Waals surface area contributed by atoms with E-state index < -0.39 is 4.92 Å². The minimum atomic E-state index is -0.445. The monoisotopic (exact) mass is 282 g/mol. The highest BCUT2D eigenvalue weighted by Gasteiger charge is 2.16. The number of nitrogens with zero attached hydrogens (tertiary/aromatic N) is 1. The maximum Gasteiger partial charge on any atom is 0.311 e. The molecule has 0 amide bonds. The number of nitro groups is 1. The molecule has 0 aromatic heterocycles. The summed E-state index contributed by atoms with van der Waals surface area (Å²) in [5, 5.41) is 23.2. The van der Waals surface area contributed by atoms with Gasteiger partial charge in [0.15, 0.2) is 5.75 Å². The van der Waals surface area contributed by atoms with Gasteiger partial charge in [0.05, 0.1) is 11.5 Å². The number of nitro benzene ring substituents is 1. The molecular weight excluding hydrogens is 260 g/mol. The normalized spacial score (nSPS) is 11.9. The number of anilines is 1. The van der Waals surface area contributed by atoms with Crippen LogP contribution in [0.1, 0.15) is 33.1 Å². The highest BCUT2D eigenvalue weighted by atomic mass is 16.6. The van der Waals surface area contributed by atoms with Crippen LogP contribution >= 0.6 is 0 Å². The van der Waals surface area contributed by atoms with Crippen molar-refractivity contribution in [3.05, 3.63) is 28.3 Å². The smallest absolute Gasteiger partial charge is 0.311 e. The molecule has 1 atom stereocenters. The summed E-state index contributed by atoms with van der Waals surface area (Å²) >= 11 is 0. The predicted octanol–water partition coefficient (Wildman–Crippen LogP) is 2.96. The summed E-state index contributed by atoms with van der Waals surface area (Å²) < 4.78 is 5.43. The third-order valence-electron chi connectivity index (χ3n) is 2.96. The Bertz CT molecular complexity index is 437. The lowest BCUT2D eigenvalue weighted by Gasteiger charge is -2.17. The zero-order valence-corrected chi connectivity index (χ0v) is 12.0. The van der Waals surface area contributed by atoms with Crippen molar-refractivity contribution < 1.29 is 14.8 Å². The first-order chi connectivity index (χ1) is 9.62. The third-order valence-corrected chi connectivity index (χ3v) is 2.96. The largest absolute Gasteiger partial charge is 0.487 e. The first-order valence-corrected chi connectivity index (χ1v) is 6.91. The van der Waals surface area contributed by atoms with Gasteiger partial charge in [-0.15, -0.1) is 0 Å². The fraction of sp³-hybridized carbons (Fsp3) is 0.571. The molecule has 0 heterocycles. The standard InChI is InChI=1S/C14H22N2O4/c1-3-9-20-14-10-12(5-6-13(14)16(18)19)15-11(4-2)7-8-17/h5-6,10-11,15,17H,3-4,7-9H2,1-2H3. The molecule has 0 aliphatic carbocycles. The molecular formula is C14H22N2O4. The summed E-state index contributed by atoms with van der Waals surface area (Å²) in [6.45, 7) is 4.52. The van der Waals surface area contributed by atoms with E-state index >= 15 is 0 Å². The van der Waals surface area contributed by atoms with Gasteiger partial charge in [0.1, 0.15) is 0 Å². The van der Waals surface area contributed by atoms with Crippen molar-refractivity contribution >= 4 is 11.4 Å². The number of benzene rings is 1. The maximum atomic E-state index is 10.9. The van der Waals surface area contributed by atoms with Gasteiger partial charge in [0.2, 0.25) is 0 Å². The Kier molecular flexibility index (Phi) is 6.79. The topological polar surface area (TPSA) is 84.6 Å². The van der Waals surface area contributed by atoms with Gasteiger partial charge >= 0.3 is 5.69 Å². The van der Waals surface area contributed by atoms with Crippen LogP contribution in [0.5, 0.6) is 5.75 Å². The fourth-order valence-corrected chi connectivity index (χ4v) is 1.85. The first kappa shape index (κ1) is 16.2. The van der Waals surface area contributed by atoms with Gasteiger partial charge < -0.3 is 15.2 Å². The molecule has 0 aliphatic heterocycles. The third kappa shape index (κ3) is 4.70. The summed E-state index contributed by atoms with van der Waals surface area (Å²) in [5.74, 6) is 0.278. The zero-order chi connectivity index (χ0) is 15.0. The summed E-state index contributed by atoms with van der Waals surface area (Å²) in [4.78, 5) is 10.5. The Balaban J connectivity index is 2.90. The molecule has 0 spiro atoms. The van der Waals surface area contributed by atoms with Crippen LogP contribution in [0.25, 0.3) is 0 Å². The highest BCUT2D eigenvalue weighted by Crippen LogP contribution is 2.30. The van der Waals surface area contributed by atoms with Crippen LogP contribution in [0, 0.1) is 10.1 Å². The lowest BCUT2D eigenvalue weighted by molar-refractivity contribution is -0.385. The molecule has 2 N–H and O–H groups in total. The second-order valence-corrected chi connectivity index (χ2v) is 4.55. The van der Waals surface area contributed by atoms with Gasteiger partial charge in [0, 0.05) is 30.5 Å². The first-order valence-electron chi connectivity index (χ1n) is 6.91. The number of aliphatic hydroxyl groups excluding tert-OH is 1. The molecule has 1 aromatic carbocycles. The van der Waals surface area contributed by atoms with E-state index in [1.807, 2.05) is 13.8 Å². The van der Waals surface area contributed by atoms with E-state index in [0.717, 1.165) is 18.5 Å². The Hall–Kier alpha value is -1.82. The van der Waals surface area contributed by atoms with Crippen molar-refractivity contribution in [3.8, 4) is 5.75 Å². The van der Waals surface area contributed by atoms with Crippen LogP contribution in [0.2, 0.25) is 0 Å². The SMILES string of the molecule is CCCOc1cc(NC(CC)CCO)ccc1[N+](=O)[O-]. The quantitative estimate of drug-likeness (QED) is 0.537. The minimum Gasteiger partial charge on any atom is -0.487 e. The Labute approximate surface area is 118 Å². The summed E-state index contributed by atoms with van der Waals surface area (Å²) in [6.07, 6.45) is 2.29. The molecule has 0 bridgehead atoms. The van der Waals surface area contributed by atoms with E-state index in [0.29, 0.717) is 13.0 Å². The molecule has 6 heteroatoms. The minimum absolute atomic E-state index is 0.0285. The molecule has 0 radical (unpaired) electrons. The molecule has 20 heavy (non-hydrogen) atoms. The second kappa shape index (κ2) is 8.37. The van der Waals surface area contributed by atoms with Gasteiger partial charge in [0.25, 0.3) is 0 Å². The zero-order valence-electron chi connectivity index (χ0n) is 12.0. The van der Waals surface area contributed by atoms with Crippen molar-refractivity contribution in [2.45, 2.75) is 39.2 Å². The Morgan fingerprint density at radius 3 is 2.75 bits per heavy atom. The van der Waals surface area contributed by atoms with E-state index in [1.165, 1.54) is 6.07 Å². The van der Waals surface area contributed by atoms with Crippen molar-refractivity contribution in [2.75, 3.05) is 18.5 Å². The van der Waals surface area contributed by atoms with Crippen LogP contribution < -0.4 is 10.1 Å². The van der Waals surface area contributed by atoms with Crippen molar-refractivity contribution in [1.82, 2.24) is 0 Å². The number of nitrogens with one attached hydrogen (secondary N) is 1. The summed E-state index contributed by atoms with van der Waals surface area (Å²) in [5.41, 5.74) is 0.737.